The molecule has 5 heteroatoms. The third-order valence-electron chi connectivity index (χ3n) is 5.04. The molecule has 1 aromatic rings. The molecule has 3 atom stereocenters. The van der Waals surface area contributed by atoms with Gasteiger partial charge in [-0.2, -0.15) is 0 Å². The quantitative estimate of drug-likeness (QED) is 0.740. The van der Waals surface area contributed by atoms with Gasteiger partial charge in [-0.3, -0.25) is 14.6 Å². The fourth-order valence-corrected chi connectivity index (χ4v) is 3.99. The van der Waals surface area contributed by atoms with Crippen LogP contribution < -0.4 is 0 Å². The highest BCUT2D eigenvalue weighted by Gasteiger charge is 2.31. The van der Waals surface area contributed by atoms with E-state index in [0.29, 0.717) is 19.2 Å². The van der Waals surface area contributed by atoms with E-state index in [1.54, 1.807) is 0 Å². The van der Waals surface area contributed by atoms with Gasteiger partial charge < -0.3 is 9.47 Å². The number of hydrogen-bond acceptors (Lipinski definition) is 5. The van der Waals surface area contributed by atoms with Crippen LogP contribution in [0.4, 0.5) is 0 Å². The van der Waals surface area contributed by atoms with Crippen LogP contribution >= 0.6 is 0 Å². The highest BCUT2D eigenvalue weighted by Crippen LogP contribution is 2.20. The third-order valence-corrected chi connectivity index (χ3v) is 5.04. The second-order valence-electron chi connectivity index (χ2n) is 7.39. The highest BCUT2D eigenvalue weighted by atomic mass is 16.5. The minimum absolute atomic E-state index is 0.125. The zero-order valence-corrected chi connectivity index (χ0v) is 15.4. The maximum absolute atomic E-state index is 12.2. The summed E-state index contributed by atoms with van der Waals surface area (Å²) in [7, 11) is 0. The molecule has 0 spiro atoms. The zero-order valence-electron chi connectivity index (χ0n) is 15.4. The van der Waals surface area contributed by atoms with Gasteiger partial charge in [-0.1, -0.05) is 30.3 Å². The van der Waals surface area contributed by atoms with Gasteiger partial charge in [-0.25, -0.2) is 0 Å². The van der Waals surface area contributed by atoms with Crippen LogP contribution in [0.5, 0.6) is 0 Å². The maximum atomic E-state index is 12.2. The predicted molar refractivity (Wildman–Crippen MR) is 97.3 cm³/mol. The molecule has 2 heterocycles. The summed E-state index contributed by atoms with van der Waals surface area (Å²) in [5.74, 6) is -0.125. The first-order valence-corrected chi connectivity index (χ1v) is 9.41. The van der Waals surface area contributed by atoms with E-state index in [0.717, 1.165) is 44.6 Å². The molecule has 0 amide bonds. The summed E-state index contributed by atoms with van der Waals surface area (Å²) >= 11 is 0. The average molecular weight is 346 g/mol. The Morgan fingerprint density at radius 2 is 1.92 bits per heavy atom. The Bertz CT molecular complexity index is 541. The number of rotatable bonds is 6. The Morgan fingerprint density at radius 3 is 2.64 bits per heavy atom. The molecular formula is C20H30N2O3. The number of benzene rings is 1. The Kier molecular flexibility index (Phi) is 6.45. The topological polar surface area (TPSA) is 42.0 Å². The van der Waals surface area contributed by atoms with Crippen LogP contribution in [-0.2, 0) is 20.9 Å². The standard InChI is InChI=1S/C20H30N2O3/c1-16-11-21(12-17(2)25-16)13-19-9-6-10-22(19)14-20(23)24-15-18-7-4-3-5-8-18/h3-5,7-8,16-17,19H,6,9-15H2,1-2H3/t16-,17-,19-/m1/s1. The second-order valence-corrected chi connectivity index (χ2v) is 7.39. The van der Waals surface area contributed by atoms with Crippen LogP contribution in [0.15, 0.2) is 30.3 Å². The lowest BCUT2D eigenvalue weighted by atomic mass is 10.1. The van der Waals surface area contributed by atoms with Gasteiger partial charge in [0, 0.05) is 25.7 Å². The summed E-state index contributed by atoms with van der Waals surface area (Å²) in [4.78, 5) is 17.0. The normalized spacial score (nSPS) is 28.2. The molecule has 2 aliphatic rings. The van der Waals surface area contributed by atoms with Crippen LogP contribution in [0.1, 0.15) is 32.3 Å². The number of ether oxygens (including phenoxy) is 2. The number of nitrogens with zero attached hydrogens (tertiary/aromatic N) is 2. The summed E-state index contributed by atoms with van der Waals surface area (Å²) in [6.07, 6.45) is 2.89. The fraction of sp³-hybridized carbons (Fsp3) is 0.650. The van der Waals surface area contributed by atoms with Crippen LogP contribution in [0.2, 0.25) is 0 Å². The monoisotopic (exact) mass is 346 g/mol. The number of carbonyl (C=O) groups is 1. The molecule has 2 fully saturated rings. The van der Waals surface area contributed by atoms with Crippen molar-refractivity contribution in [2.75, 3.05) is 32.7 Å². The molecule has 0 aliphatic carbocycles. The van der Waals surface area contributed by atoms with Gasteiger partial charge in [-0.05, 0) is 38.8 Å². The number of likely N-dealkylation sites (tertiary alicyclic amines) is 1. The lowest BCUT2D eigenvalue weighted by molar-refractivity contribution is -0.146. The van der Waals surface area contributed by atoms with Crippen molar-refractivity contribution in [1.82, 2.24) is 9.80 Å². The molecule has 0 saturated carbocycles. The van der Waals surface area contributed by atoms with E-state index in [1.165, 1.54) is 0 Å². The molecule has 138 valence electrons. The molecule has 2 saturated heterocycles. The van der Waals surface area contributed by atoms with Crippen molar-refractivity contribution >= 4 is 5.97 Å². The van der Waals surface area contributed by atoms with Crippen molar-refractivity contribution in [3.05, 3.63) is 35.9 Å². The molecule has 1 aromatic carbocycles. The largest absolute Gasteiger partial charge is 0.460 e. The SMILES string of the molecule is C[C@@H]1CN(C[C@H]2CCCN2CC(=O)OCc2ccccc2)C[C@@H](C)O1. The first kappa shape index (κ1) is 18.4. The molecular weight excluding hydrogens is 316 g/mol. The van der Waals surface area contributed by atoms with Crippen molar-refractivity contribution in [3.63, 3.8) is 0 Å². The second kappa shape index (κ2) is 8.79. The molecule has 0 aromatic heterocycles. The summed E-state index contributed by atoms with van der Waals surface area (Å²) in [5.41, 5.74) is 1.03. The molecule has 2 aliphatic heterocycles. The van der Waals surface area contributed by atoms with Gasteiger partial charge in [0.25, 0.3) is 0 Å². The van der Waals surface area contributed by atoms with Gasteiger partial charge in [-0.15, -0.1) is 0 Å². The van der Waals surface area contributed by atoms with E-state index in [2.05, 4.69) is 23.6 Å². The number of morpholine rings is 1. The van der Waals surface area contributed by atoms with Crippen LogP contribution in [0.25, 0.3) is 0 Å². The number of hydrogen-bond donors (Lipinski definition) is 0. The summed E-state index contributed by atoms with van der Waals surface area (Å²) in [5, 5.41) is 0. The maximum Gasteiger partial charge on any atom is 0.320 e. The van der Waals surface area contributed by atoms with Gasteiger partial charge in [0.1, 0.15) is 6.61 Å². The minimum Gasteiger partial charge on any atom is -0.460 e. The molecule has 0 unspecified atom stereocenters. The Hall–Kier alpha value is -1.43. The lowest BCUT2D eigenvalue weighted by Crippen LogP contribution is -2.50. The lowest BCUT2D eigenvalue weighted by Gasteiger charge is -2.38. The molecule has 0 radical (unpaired) electrons. The van der Waals surface area contributed by atoms with E-state index in [9.17, 15) is 4.79 Å². The fourth-order valence-electron chi connectivity index (χ4n) is 3.99. The van der Waals surface area contributed by atoms with Crippen molar-refractivity contribution in [1.29, 1.82) is 0 Å². The molecule has 3 rings (SSSR count). The third kappa shape index (κ3) is 5.53. The van der Waals surface area contributed by atoms with Crippen LogP contribution in [-0.4, -0.2) is 66.7 Å². The Labute approximate surface area is 150 Å². The number of carbonyl (C=O) groups excluding carboxylic acids is 1. The van der Waals surface area contributed by atoms with Gasteiger partial charge >= 0.3 is 5.97 Å². The summed E-state index contributed by atoms with van der Waals surface area (Å²) < 4.78 is 11.3. The molecule has 5 nitrogen and oxygen atoms in total. The zero-order chi connectivity index (χ0) is 17.6. The molecule has 0 bridgehead atoms. The predicted octanol–water partition coefficient (Wildman–Crippen LogP) is 2.30. The van der Waals surface area contributed by atoms with Crippen molar-refractivity contribution in [2.24, 2.45) is 0 Å². The van der Waals surface area contributed by atoms with E-state index in [4.69, 9.17) is 9.47 Å². The molecule has 0 N–H and O–H groups in total. The van der Waals surface area contributed by atoms with Crippen molar-refractivity contribution in [3.8, 4) is 0 Å². The van der Waals surface area contributed by atoms with E-state index >= 15 is 0 Å². The van der Waals surface area contributed by atoms with Gasteiger partial charge in [0.2, 0.25) is 0 Å². The first-order valence-electron chi connectivity index (χ1n) is 9.41. The Morgan fingerprint density at radius 1 is 1.20 bits per heavy atom. The summed E-state index contributed by atoms with van der Waals surface area (Å²) in [6, 6.07) is 10.3. The van der Waals surface area contributed by atoms with Crippen molar-refractivity contribution < 1.29 is 14.3 Å². The number of esters is 1. The summed E-state index contributed by atoms with van der Waals surface area (Å²) in [6.45, 7) is 8.99. The molecule has 25 heavy (non-hydrogen) atoms. The van der Waals surface area contributed by atoms with E-state index < -0.39 is 0 Å². The van der Waals surface area contributed by atoms with Crippen LogP contribution in [0.3, 0.4) is 0 Å². The van der Waals surface area contributed by atoms with Crippen LogP contribution in [0, 0.1) is 0 Å². The van der Waals surface area contributed by atoms with Gasteiger partial charge in [0.15, 0.2) is 0 Å². The van der Waals surface area contributed by atoms with E-state index in [-0.39, 0.29) is 18.2 Å². The van der Waals surface area contributed by atoms with E-state index in [1.807, 2.05) is 30.3 Å². The minimum atomic E-state index is -0.125. The average Bonchev–Trinajstić information content (AvgIpc) is 3.00. The van der Waals surface area contributed by atoms with Gasteiger partial charge in [0.05, 0.1) is 18.8 Å². The first-order chi connectivity index (χ1) is 12.1. The van der Waals surface area contributed by atoms with Crippen molar-refractivity contribution in [2.45, 2.75) is 51.5 Å². The highest BCUT2D eigenvalue weighted by molar-refractivity contribution is 5.71. The Balaban J connectivity index is 1.45. The smallest absolute Gasteiger partial charge is 0.320 e.